The number of aromatic nitrogens is 1. The first-order valence-electron chi connectivity index (χ1n) is 10.3. The number of carbonyl (C=O) groups excluding carboxylic acids is 1. The van der Waals surface area contributed by atoms with Crippen LogP contribution in [0.25, 0.3) is 0 Å². The number of pyridine rings is 1. The van der Waals surface area contributed by atoms with Gasteiger partial charge >= 0.3 is 0 Å². The van der Waals surface area contributed by atoms with Crippen LogP contribution in [0.4, 0.5) is 0 Å². The van der Waals surface area contributed by atoms with Gasteiger partial charge < -0.3 is 10.1 Å². The molecule has 8 heteroatoms. The first-order chi connectivity index (χ1) is 13.5. The number of hydrogen-bond donors (Lipinski definition) is 1. The summed E-state index contributed by atoms with van der Waals surface area (Å²) >= 11 is 0. The van der Waals surface area contributed by atoms with Gasteiger partial charge in [-0.3, -0.25) is 9.78 Å². The molecule has 1 spiro atoms. The van der Waals surface area contributed by atoms with Gasteiger partial charge in [0.15, 0.2) is 0 Å². The van der Waals surface area contributed by atoms with Crippen LogP contribution in [-0.4, -0.2) is 56.0 Å². The minimum Gasteiger partial charge on any atom is -0.381 e. The molecular formula is C20H29N3O4S. The normalized spacial score (nSPS) is 26.4. The molecule has 1 aromatic rings. The lowest BCUT2D eigenvalue weighted by Gasteiger charge is -2.38. The molecule has 1 aromatic heterocycles. The van der Waals surface area contributed by atoms with E-state index in [4.69, 9.17) is 4.74 Å². The summed E-state index contributed by atoms with van der Waals surface area (Å²) in [5.74, 6) is -0.317. The lowest BCUT2D eigenvalue weighted by Crippen LogP contribution is -2.47. The van der Waals surface area contributed by atoms with Crippen LogP contribution < -0.4 is 5.32 Å². The Morgan fingerprint density at radius 2 is 1.96 bits per heavy atom. The smallest absolute Gasteiger partial charge is 0.244 e. The molecule has 0 aromatic carbocycles. The summed E-state index contributed by atoms with van der Waals surface area (Å²) in [5, 5.41) is 3.23. The van der Waals surface area contributed by atoms with Crippen LogP contribution in [-0.2, 0) is 19.6 Å². The van der Waals surface area contributed by atoms with Crippen molar-refractivity contribution in [2.75, 3.05) is 26.3 Å². The zero-order valence-corrected chi connectivity index (χ0v) is 17.0. The second-order valence-electron chi connectivity index (χ2n) is 8.36. The third-order valence-corrected chi connectivity index (χ3v) is 8.44. The van der Waals surface area contributed by atoms with Crippen molar-refractivity contribution < 1.29 is 17.9 Å². The number of hydrogen-bond acceptors (Lipinski definition) is 5. The van der Waals surface area contributed by atoms with E-state index in [0.717, 1.165) is 38.5 Å². The van der Waals surface area contributed by atoms with E-state index in [1.807, 2.05) is 0 Å². The first-order valence-corrected chi connectivity index (χ1v) is 11.7. The van der Waals surface area contributed by atoms with Crippen molar-refractivity contribution in [2.45, 2.75) is 55.9 Å². The molecule has 2 aliphatic heterocycles. The molecule has 1 amide bonds. The van der Waals surface area contributed by atoms with Gasteiger partial charge in [0, 0.05) is 50.2 Å². The third-order valence-electron chi connectivity index (χ3n) is 6.65. The average Bonchev–Trinajstić information content (AvgIpc) is 3.09. The van der Waals surface area contributed by atoms with Crippen molar-refractivity contribution in [3.8, 4) is 0 Å². The lowest BCUT2D eigenvalue weighted by atomic mass is 9.71. The van der Waals surface area contributed by atoms with Crippen LogP contribution in [0.3, 0.4) is 0 Å². The van der Waals surface area contributed by atoms with E-state index in [1.165, 1.54) is 16.9 Å². The van der Waals surface area contributed by atoms with Gasteiger partial charge in [0.25, 0.3) is 0 Å². The maximum atomic E-state index is 13.2. The van der Waals surface area contributed by atoms with Gasteiger partial charge in [-0.15, -0.1) is 0 Å². The topological polar surface area (TPSA) is 88.6 Å². The molecule has 28 heavy (non-hydrogen) atoms. The minimum absolute atomic E-state index is 0.0117. The molecule has 0 bridgehead atoms. The number of ether oxygens (including phenoxy) is 1. The van der Waals surface area contributed by atoms with Crippen LogP contribution in [0.15, 0.2) is 29.4 Å². The second kappa shape index (κ2) is 8.08. The largest absolute Gasteiger partial charge is 0.381 e. The van der Waals surface area contributed by atoms with Crippen LogP contribution in [0.1, 0.15) is 44.9 Å². The highest BCUT2D eigenvalue weighted by molar-refractivity contribution is 7.89. The molecule has 3 fully saturated rings. The Morgan fingerprint density at radius 3 is 2.64 bits per heavy atom. The highest BCUT2D eigenvalue weighted by Gasteiger charge is 2.53. The van der Waals surface area contributed by atoms with Gasteiger partial charge in [0.05, 0.1) is 5.92 Å². The quantitative estimate of drug-likeness (QED) is 0.824. The number of rotatable bonds is 4. The highest BCUT2D eigenvalue weighted by atomic mass is 32.2. The van der Waals surface area contributed by atoms with Crippen molar-refractivity contribution in [2.24, 2.45) is 11.3 Å². The predicted octanol–water partition coefficient (Wildman–Crippen LogP) is 1.95. The summed E-state index contributed by atoms with van der Waals surface area (Å²) in [6, 6.07) is 3.41. The molecule has 1 unspecified atom stereocenters. The van der Waals surface area contributed by atoms with Crippen molar-refractivity contribution in [1.82, 2.24) is 14.6 Å². The monoisotopic (exact) mass is 407 g/mol. The van der Waals surface area contributed by atoms with Gasteiger partial charge in [-0.05, 0) is 37.8 Å². The molecule has 1 saturated carbocycles. The maximum Gasteiger partial charge on any atom is 0.244 e. The van der Waals surface area contributed by atoms with Crippen molar-refractivity contribution in [1.29, 1.82) is 0 Å². The Morgan fingerprint density at radius 1 is 1.21 bits per heavy atom. The van der Waals surface area contributed by atoms with E-state index < -0.39 is 10.0 Å². The molecule has 1 atom stereocenters. The number of carbonyl (C=O) groups is 1. The highest BCUT2D eigenvalue weighted by Crippen LogP contribution is 2.46. The molecule has 3 aliphatic rings. The predicted molar refractivity (Wildman–Crippen MR) is 104 cm³/mol. The maximum absolute atomic E-state index is 13.2. The Balaban J connectivity index is 1.56. The summed E-state index contributed by atoms with van der Waals surface area (Å²) in [6.45, 7) is 1.76. The zero-order valence-electron chi connectivity index (χ0n) is 16.2. The first kappa shape index (κ1) is 19.8. The summed E-state index contributed by atoms with van der Waals surface area (Å²) in [4.78, 5) is 17.3. The molecule has 4 rings (SSSR count). The van der Waals surface area contributed by atoms with Crippen LogP contribution >= 0.6 is 0 Å². The number of sulfonamides is 1. The Labute approximate surface area is 166 Å². The summed E-state index contributed by atoms with van der Waals surface area (Å²) < 4.78 is 33.3. The third kappa shape index (κ3) is 3.82. The number of nitrogens with one attached hydrogen (secondary N) is 1. The Bertz CT molecular complexity index is 787. The second-order valence-corrected chi connectivity index (χ2v) is 10.3. The summed E-state index contributed by atoms with van der Waals surface area (Å²) in [5.41, 5.74) is -0.341. The van der Waals surface area contributed by atoms with Crippen LogP contribution in [0, 0.1) is 11.3 Å². The number of amides is 1. The molecule has 3 heterocycles. The molecule has 0 radical (unpaired) electrons. The Kier molecular flexibility index (Phi) is 5.71. The molecular weight excluding hydrogens is 378 g/mol. The molecule has 154 valence electrons. The summed E-state index contributed by atoms with van der Waals surface area (Å²) in [6.07, 6.45) is 9.94. The fourth-order valence-electron chi connectivity index (χ4n) is 4.95. The van der Waals surface area contributed by atoms with Crippen LogP contribution in [0.5, 0.6) is 0 Å². The zero-order chi connectivity index (χ0) is 19.6. The Hall–Kier alpha value is -1.51. The minimum atomic E-state index is -3.66. The van der Waals surface area contributed by atoms with E-state index in [1.54, 1.807) is 18.3 Å². The summed E-state index contributed by atoms with van der Waals surface area (Å²) in [7, 11) is -3.66. The van der Waals surface area contributed by atoms with Crippen molar-refractivity contribution in [3.05, 3.63) is 24.5 Å². The van der Waals surface area contributed by atoms with Gasteiger partial charge in [-0.1, -0.05) is 19.3 Å². The van der Waals surface area contributed by atoms with Gasteiger partial charge in [-0.25, -0.2) is 8.42 Å². The van der Waals surface area contributed by atoms with Gasteiger partial charge in [-0.2, -0.15) is 4.31 Å². The molecule has 7 nitrogen and oxygen atoms in total. The van der Waals surface area contributed by atoms with Gasteiger partial charge in [0.2, 0.25) is 15.9 Å². The van der Waals surface area contributed by atoms with E-state index in [-0.39, 0.29) is 34.7 Å². The fourth-order valence-corrected chi connectivity index (χ4v) is 6.46. The van der Waals surface area contributed by atoms with E-state index >= 15 is 0 Å². The van der Waals surface area contributed by atoms with E-state index in [2.05, 4.69) is 10.3 Å². The number of nitrogens with zero attached hydrogens (tertiary/aromatic N) is 2. The van der Waals surface area contributed by atoms with Crippen LogP contribution in [0.2, 0.25) is 0 Å². The molecule has 2 saturated heterocycles. The van der Waals surface area contributed by atoms with Crippen molar-refractivity contribution >= 4 is 15.9 Å². The van der Waals surface area contributed by atoms with Crippen molar-refractivity contribution in [3.63, 3.8) is 0 Å². The fraction of sp³-hybridized carbons (Fsp3) is 0.700. The standard InChI is InChI=1S/C20H29N3O4S/c24-19(22-16-5-2-1-3-6-16)18-14-23(15-20(18)8-11-27-12-9-20)28(25,26)17-7-4-10-21-13-17/h4,7,10,13,16,18H,1-3,5-6,8-9,11-12,14-15H2,(H,22,24). The van der Waals surface area contributed by atoms with E-state index in [0.29, 0.717) is 19.8 Å². The molecule has 1 N–H and O–H groups in total. The van der Waals surface area contributed by atoms with E-state index in [9.17, 15) is 13.2 Å². The SMILES string of the molecule is O=C(NC1CCCCC1)C1CN(S(=O)(=O)c2cccnc2)CC12CCOCC2. The van der Waals surface area contributed by atoms with Gasteiger partial charge in [0.1, 0.15) is 4.90 Å². The lowest BCUT2D eigenvalue weighted by molar-refractivity contribution is -0.130. The average molecular weight is 408 g/mol. The molecule has 1 aliphatic carbocycles.